The largest absolute Gasteiger partial charge is 0.383 e. The molecule has 208 valence electrons. The fourth-order valence-corrected chi connectivity index (χ4v) is 5.72. The number of hydrogen-bond donors (Lipinski definition) is 1. The Hall–Kier alpha value is -2.35. The van der Waals surface area contributed by atoms with E-state index in [2.05, 4.69) is 61.9 Å². The van der Waals surface area contributed by atoms with Crippen molar-refractivity contribution in [1.29, 1.82) is 0 Å². The maximum atomic E-state index is 12.7. The summed E-state index contributed by atoms with van der Waals surface area (Å²) in [5.41, 5.74) is 4.34. The normalized spacial score (nSPS) is 21.3. The van der Waals surface area contributed by atoms with E-state index in [0.29, 0.717) is 25.2 Å². The number of piperidine rings is 2. The number of likely N-dealkylation sites (N-methyl/N-ethyl adjacent to an activating group) is 1. The molecule has 0 radical (unpaired) electrons. The molecule has 1 N–H and O–H groups in total. The van der Waals surface area contributed by atoms with Crippen molar-refractivity contribution in [3.8, 4) is 0 Å². The van der Waals surface area contributed by atoms with Crippen LogP contribution in [0, 0.1) is 0 Å². The van der Waals surface area contributed by atoms with Crippen LogP contribution in [0.2, 0.25) is 0 Å². The molecule has 2 fully saturated rings. The first-order valence-corrected chi connectivity index (χ1v) is 14.4. The van der Waals surface area contributed by atoms with Gasteiger partial charge in [-0.15, -0.1) is 0 Å². The summed E-state index contributed by atoms with van der Waals surface area (Å²) in [4.78, 5) is 29.0. The van der Waals surface area contributed by atoms with Gasteiger partial charge in [-0.25, -0.2) is 0 Å². The average Bonchev–Trinajstić information content (AvgIpc) is 2.89. The Morgan fingerprint density at radius 1 is 1.08 bits per heavy atom. The SMILES string of the molecule is CC(C)c1ccc(CC(C)c2ccc([C@@H]3CCN(CCN(C)C)C(=O)C3)cn2)c(C2(O)CCN(C)CC2)n1. The molecule has 0 spiro atoms. The number of rotatable bonds is 9. The minimum Gasteiger partial charge on any atom is -0.383 e. The Morgan fingerprint density at radius 3 is 2.39 bits per heavy atom. The second-order valence-electron chi connectivity index (χ2n) is 12.2. The molecule has 2 aromatic rings. The summed E-state index contributed by atoms with van der Waals surface area (Å²) in [5.74, 6) is 1.00. The number of hydrogen-bond acceptors (Lipinski definition) is 6. The van der Waals surface area contributed by atoms with E-state index in [0.717, 1.165) is 73.8 Å². The lowest BCUT2D eigenvalue weighted by Crippen LogP contribution is -2.42. The molecule has 2 aliphatic heterocycles. The number of amides is 1. The third kappa shape index (κ3) is 6.80. The van der Waals surface area contributed by atoms with Crippen LogP contribution < -0.4 is 0 Å². The lowest BCUT2D eigenvalue weighted by Gasteiger charge is -2.37. The molecule has 4 heterocycles. The van der Waals surface area contributed by atoms with E-state index in [9.17, 15) is 9.90 Å². The number of nitrogens with zero attached hydrogens (tertiary/aromatic N) is 5. The van der Waals surface area contributed by atoms with Crippen molar-refractivity contribution in [2.24, 2.45) is 0 Å². The molecule has 2 aliphatic rings. The summed E-state index contributed by atoms with van der Waals surface area (Å²) in [6.45, 7) is 10.8. The van der Waals surface area contributed by atoms with Crippen LogP contribution in [0.3, 0.4) is 0 Å². The minimum absolute atomic E-state index is 0.193. The van der Waals surface area contributed by atoms with Crippen LogP contribution in [0.25, 0.3) is 0 Å². The number of pyridine rings is 2. The second kappa shape index (κ2) is 12.2. The quantitative estimate of drug-likeness (QED) is 0.535. The molecular weight excluding hydrogens is 474 g/mol. The summed E-state index contributed by atoms with van der Waals surface area (Å²) >= 11 is 0. The Morgan fingerprint density at radius 2 is 1.79 bits per heavy atom. The van der Waals surface area contributed by atoms with Crippen LogP contribution in [0.15, 0.2) is 30.5 Å². The van der Waals surface area contributed by atoms with Crippen LogP contribution in [-0.2, 0) is 16.8 Å². The summed E-state index contributed by atoms with van der Waals surface area (Å²) in [6, 6.07) is 8.59. The van der Waals surface area contributed by atoms with Crippen LogP contribution in [0.5, 0.6) is 0 Å². The highest BCUT2D eigenvalue weighted by molar-refractivity contribution is 5.78. The van der Waals surface area contributed by atoms with Gasteiger partial charge in [-0.1, -0.05) is 32.9 Å². The molecule has 7 heteroatoms. The maximum Gasteiger partial charge on any atom is 0.223 e. The van der Waals surface area contributed by atoms with Gasteiger partial charge in [0.25, 0.3) is 0 Å². The Kier molecular flexibility index (Phi) is 9.22. The number of carbonyl (C=O) groups excluding carboxylic acids is 1. The van der Waals surface area contributed by atoms with Gasteiger partial charge in [0.15, 0.2) is 0 Å². The monoisotopic (exact) mass is 521 g/mol. The van der Waals surface area contributed by atoms with Crippen molar-refractivity contribution < 1.29 is 9.90 Å². The third-order valence-corrected chi connectivity index (χ3v) is 8.50. The van der Waals surface area contributed by atoms with Crippen LogP contribution in [0.1, 0.15) is 92.4 Å². The summed E-state index contributed by atoms with van der Waals surface area (Å²) in [5, 5.41) is 11.7. The van der Waals surface area contributed by atoms with Gasteiger partial charge >= 0.3 is 0 Å². The number of aromatic nitrogens is 2. The standard InChI is InChI=1S/C31H47N5O2/c1-22(2)27-9-7-25(30(33-27)31(38)12-15-35(6)16-13-31)19-23(3)28-10-8-26(21-32-28)24-11-14-36(29(37)20-24)18-17-34(4)5/h7-10,21-24,38H,11-20H2,1-6H3/t23?,24-/m1/s1. The molecule has 38 heavy (non-hydrogen) atoms. The van der Waals surface area contributed by atoms with Gasteiger partial charge in [-0.2, -0.15) is 0 Å². The zero-order valence-corrected chi connectivity index (χ0v) is 24.3. The Labute approximate surface area is 229 Å². The lowest BCUT2D eigenvalue weighted by molar-refractivity contribution is -0.134. The molecular formula is C31H47N5O2. The molecule has 4 rings (SSSR count). The van der Waals surface area contributed by atoms with Crippen molar-refractivity contribution in [3.05, 3.63) is 58.7 Å². The highest BCUT2D eigenvalue weighted by Gasteiger charge is 2.37. The summed E-state index contributed by atoms with van der Waals surface area (Å²) in [6.07, 6.45) is 5.73. The van der Waals surface area contributed by atoms with E-state index in [1.807, 2.05) is 25.2 Å². The second-order valence-corrected chi connectivity index (χ2v) is 12.2. The first-order valence-electron chi connectivity index (χ1n) is 14.4. The van der Waals surface area contributed by atoms with Crippen molar-refractivity contribution in [3.63, 3.8) is 0 Å². The first-order chi connectivity index (χ1) is 18.1. The van der Waals surface area contributed by atoms with Crippen molar-refractivity contribution in [2.75, 3.05) is 53.9 Å². The number of likely N-dealkylation sites (tertiary alicyclic amines) is 2. The minimum atomic E-state index is -0.877. The zero-order valence-electron chi connectivity index (χ0n) is 24.3. The van der Waals surface area contributed by atoms with Gasteiger partial charge in [-0.3, -0.25) is 14.8 Å². The molecule has 2 aromatic heterocycles. The highest BCUT2D eigenvalue weighted by atomic mass is 16.3. The summed E-state index contributed by atoms with van der Waals surface area (Å²) < 4.78 is 0. The van der Waals surface area contributed by atoms with E-state index in [1.54, 1.807) is 0 Å². The van der Waals surface area contributed by atoms with Crippen molar-refractivity contribution >= 4 is 5.91 Å². The van der Waals surface area contributed by atoms with Gasteiger partial charge in [0.05, 0.1) is 5.69 Å². The van der Waals surface area contributed by atoms with Crippen LogP contribution in [0.4, 0.5) is 0 Å². The molecule has 0 aliphatic carbocycles. The first kappa shape index (κ1) is 28.7. The van der Waals surface area contributed by atoms with E-state index >= 15 is 0 Å². The van der Waals surface area contributed by atoms with Crippen molar-refractivity contribution in [1.82, 2.24) is 24.7 Å². The molecule has 0 bridgehead atoms. The van der Waals surface area contributed by atoms with E-state index < -0.39 is 5.60 Å². The van der Waals surface area contributed by atoms with Crippen LogP contribution in [-0.4, -0.2) is 89.5 Å². The predicted molar refractivity (Wildman–Crippen MR) is 152 cm³/mol. The van der Waals surface area contributed by atoms with Crippen LogP contribution >= 0.6 is 0 Å². The van der Waals surface area contributed by atoms with Gasteiger partial charge in [0, 0.05) is 62.6 Å². The molecule has 1 amide bonds. The predicted octanol–water partition coefficient (Wildman–Crippen LogP) is 4.13. The van der Waals surface area contributed by atoms with Gasteiger partial charge < -0.3 is 19.8 Å². The zero-order chi connectivity index (χ0) is 27.4. The van der Waals surface area contributed by atoms with Crippen molar-refractivity contribution in [2.45, 2.75) is 76.2 Å². The Balaban J connectivity index is 1.45. The van der Waals surface area contributed by atoms with Gasteiger partial charge in [0.1, 0.15) is 5.60 Å². The third-order valence-electron chi connectivity index (χ3n) is 8.50. The van der Waals surface area contributed by atoms with E-state index in [1.165, 1.54) is 0 Å². The summed E-state index contributed by atoms with van der Waals surface area (Å²) in [7, 11) is 6.19. The molecule has 1 unspecified atom stereocenters. The fourth-order valence-electron chi connectivity index (χ4n) is 5.72. The Bertz CT molecular complexity index is 1080. The molecule has 0 saturated carbocycles. The molecule has 2 saturated heterocycles. The lowest BCUT2D eigenvalue weighted by atomic mass is 9.82. The molecule has 0 aromatic carbocycles. The fraction of sp³-hybridized carbons (Fsp3) is 0.645. The smallest absolute Gasteiger partial charge is 0.223 e. The number of aliphatic hydroxyl groups is 1. The van der Waals surface area contributed by atoms with Gasteiger partial charge in [0.2, 0.25) is 5.91 Å². The maximum absolute atomic E-state index is 12.7. The van der Waals surface area contributed by atoms with E-state index in [4.69, 9.17) is 9.97 Å². The number of carbonyl (C=O) groups is 1. The average molecular weight is 522 g/mol. The van der Waals surface area contributed by atoms with Gasteiger partial charge in [-0.05, 0) is 81.9 Å². The topological polar surface area (TPSA) is 72.8 Å². The highest BCUT2D eigenvalue weighted by Crippen LogP contribution is 2.36. The van der Waals surface area contributed by atoms with E-state index in [-0.39, 0.29) is 17.7 Å². The molecule has 2 atom stereocenters. The molecule has 7 nitrogen and oxygen atoms in total.